The number of nitrogens with zero attached hydrogens (tertiary/aromatic N) is 1. The molecule has 1 N–H and O–H groups in total. The molecule has 0 heterocycles. The average molecular weight is 425 g/mol. The number of rotatable bonds is 6. The summed E-state index contributed by atoms with van der Waals surface area (Å²) in [6.07, 6.45) is 1.11. The van der Waals surface area contributed by atoms with Crippen molar-refractivity contribution in [3.05, 3.63) is 63.6 Å². The van der Waals surface area contributed by atoms with Crippen LogP contribution in [-0.4, -0.2) is 31.4 Å². The largest absolute Gasteiger partial charge is 0.325 e. The molecule has 25 heavy (non-hydrogen) atoms. The van der Waals surface area contributed by atoms with Gasteiger partial charge in [-0.2, -0.15) is 4.31 Å². The summed E-state index contributed by atoms with van der Waals surface area (Å²) in [6.45, 7) is 3.86. The first-order valence-electron chi connectivity index (χ1n) is 7.72. The summed E-state index contributed by atoms with van der Waals surface area (Å²) in [7, 11) is -3.51. The predicted molar refractivity (Wildman–Crippen MR) is 104 cm³/mol. The molecule has 0 aromatic heterocycles. The topological polar surface area (TPSA) is 66.5 Å². The maximum absolute atomic E-state index is 12.3. The van der Waals surface area contributed by atoms with E-state index < -0.39 is 10.0 Å². The summed E-state index contributed by atoms with van der Waals surface area (Å²) < 4.78 is 26.1. The standard InChI is InChI=1S/C18H21BrN2O3S/c1-13-4-9-17(10-14(13)2)20-18(22)12-21(25(3,23)24)11-15-5-7-16(19)8-6-15/h4-10H,11-12H2,1-3H3,(H,20,22). The van der Waals surface area contributed by atoms with Crippen LogP contribution in [0.3, 0.4) is 0 Å². The summed E-state index contributed by atoms with van der Waals surface area (Å²) in [5, 5.41) is 2.75. The van der Waals surface area contributed by atoms with Crippen LogP contribution in [0.2, 0.25) is 0 Å². The van der Waals surface area contributed by atoms with E-state index in [9.17, 15) is 13.2 Å². The molecule has 0 saturated heterocycles. The molecule has 2 aromatic rings. The number of carbonyl (C=O) groups excluding carboxylic acids is 1. The van der Waals surface area contributed by atoms with Crippen molar-refractivity contribution in [1.82, 2.24) is 4.31 Å². The Morgan fingerprint density at radius 1 is 1.08 bits per heavy atom. The van der Waals surface area contributed by atoms with Crippen LogP contribution >= 0.6 is 15.9 Å². The molecule has 0 fully saturated rings. The summed E-state index contributed by atoms with van der Waals surface area (Å²) in [5.41, 5.74) is 3.66. The van der Waals surface area contributed by atoms with Gasteiger partial charge in [-0.3, -0.25) is 4.79 Å². The predicted octanol–water partition coefficient (Wildman–Crippen LogP) is 3.47. The normalized spacial score (nSPS) is 11.6. The van der Waals surface area contributed by atoms with Crippen molar-refractivity contribution in [3.63, 3.8) is 0 Å². The van der Waals surface area contributed by atoms with Crippen LogP contribution in [0.25, 0.3) is 0 Å². The van der Waals surface area contributed by atoms with Crippen molar-refractivity contribution in [3.8, 4) is 0 Å². The zero-order valence-electron chi connectivity index (χ0n) is 14.4. The highest BCUT2D eigenvalue weighted by molar-refractivity contribution is 9.10. The molecule has 0 radical (unpaired) electrons. The van der Waals surface area contributed by atoms with Crippen molar-refractivity contribution in [2.45, 2.75) is 20.4 Å². The van der Waals surface area contributed by atoms with E-state index in [0.29, 0.717) is 5.69 Å². The van der Waals surface area contributed by atoms with E-state index >= 15 is 0 Å². The lowest BCUT2D eigenvalue weighted by Crippen LogP contribution is -2.36. The molecule has 1 amide bonds. The van der Waals surface area contributed by atoms with Crippen molar-refractivity contribution in [2.75, 3.05) is 18.1 Å². The minimum atomic E-state index is -3.51. The second kappa shape index (κ2) is 8.12. The van der Waals surface area contributed by atoms with Crippen LogP contribution < -0.4 is 5.32 Å². The van der Waals surface area contributed by atoms with Gasteiger partial charge in [0.05, 0.1) is 12.8 Å². The molecule has 0 aliphatic rings. The van der Waals surface area contributed by atoms with Gasteiger partial charge in [0.25, 0.3) is 0 Å². The summed E-state index contributed by atoms with van der Waals surface area (Å²) in [5.74, 6) is -0.370. The highest BCUT2D eigenvalue weighted by Gasteiger charge is 2.20. The van der Waals surface area contributed by atoms with Gasteiger partial charge in [0, 0.05) is 16.7 Å². The lowest BCUT2D eigenvalue weighted by Gasteiger charge is -2.20. The molecule has 2 aromatic carbocycles. The summed E-state index contributed by atoms with van der Waals surface area (Å²) in [6, 6.07) is 12.9. The Kier molecular flexibility index (Phi) is 6.37. The van der Waals surface area contributed by atoms with Gasteiger partial charge in [-0.15, -0.1) is 0 Å². The number of aryl methyl sites for hydroxylation is 2. The van der Waals surface area contributed by atoms with E-state index in [0.717, 1.165) is 31.7 Å². The molecule has 0 aliphatic carbocycles. The number of carbonyl (C=O) groups is 1. The third-order valence-corrected chi connectivity index (χ3v) is 5.58. The van der Waals surface area contributed by atoms with Crippen molar-refractivity contribution < 1.29 is 13.2 Å². The SMILES string of the molecule is Cc1ccc(NC(=O)CN(Cc2ccc(Br)cc2)S(C)(=O)=O)cc1C. The zero-order valence-corrected chi connectivity index (χ0v) is 16.8. The van der Waals surface area contributed by atoms with Crippen LogP contribution in [0.5, 0.6) is 0 Å². The molecular weight excluding hydrogens is 404 g/mol. The fourth-order valence-electron chi connectivity index (χ4n) is 2.26. The van der Waals surface area contributed by atoms with Gasteiger partial charge in [-0.05, 0) is 54.8 Å². The third-order valence-electron chi connectivity index (χ3n) is 3.85. The van der Waals surface area contributed by atoms with Gasteiger partial charge in [0.1, 0.15) is 0 Å². The quantitative estimate of drug-likeness (QED) is 0.771. The molecule has 5 nitrogen and oxygen atoms in total. The maximum Gasteiger partial charge on any atom is 0.239 e. The van der Waals surface area contributed by atoms with E-state index in [1.54, 1.807) is 6.07 Å². The first-order chi connectivity index (χ1) is 11.6. The van der Waals surface area contributed by atoms with Gasteiger partial charge in [-0.1, -0.05) is 34.1 Å². The fourth-order valence-corrected chi connectivity index (χ4v) is 3.26. The van der Waals surface area contributed by atoms with Crippen molar-refractivity contribution >= 4 is 37.5 Å². The molecule has 0 spiro atoms. The van der Waals surface area contributed by atoms with Crippen molar-refractivity contribution in [2.24, 2.45) is 0 Å². The average Bonchev–Trinajstić information content (AvgIpc) is 2.51. The first-order valence-corrected chi connectivity index (χ1v) is 10.4. The first kappa shape index (κ1) is 19.6. The van der Waals surface area contributed by atoms with E-state index in [2.05, 4.69) is 21.2 Å². The Hall–Kier alpha value is -1.70. The Bertz CT molecular complexity index is 864. The number of benzene rings is 2. The van der Waals surface area contributed by atoms with Gasteiger partial charge < -0.3 is 5.32 Å². The number of amides is 1. The Morgan fingerprint density at radius 2 is 1.72 bits per heavy atom. The molecular formula is C18H21BrN2O3S. The second-order valence-electron chi connectivity index (χ2n) is 6.00. The lowest BCUT2D eigenvalue weighted by atomic mass is 10.1. The van der Waals surface area contributed by atoms with Crippen LogP contribution in [0, 0.1) is 13.8 Å². The zero-order chi connectivity index (χ0) is 18.6. The number of sulfonamides is 1. The molecule has 0 atom stereocenters. The smallest absolute Gasteiger partial charge is 0.239 e. The minimum absolute atomic E-state index is 0.145. The molecule has 0 bridgehead atoms. The number of hydrogen-bond acceptors (Lipinski definition) is 3. The second-order valence-corrected chi connectivity index (χ2v) is 8.90. The van der Waals surface area contributed by atoms with Crippen LogP contribution in [0.15, 0.2) is 46.9 Å². The van der Waals surface area contributed by atoms with Crippen LogP contribution in [-0.2, 0) is 21.4 Å². The number of halogens is 1. The van der Waals surface area contributed by atoms with Gasteiger partial charge in [-0.25, -0.2) is 8.42 Å². The van der Waals surface area contributed by atoms with E-state index in [-0.39, 0.29) is 19.0 Å². The van der Waals surface area contributed by atoms with Crippen LogP contribution in [0.4, 0.5) is 5.69 Å². The number of nitrogens with one attached hydrogen (secondary N) is 1. The molecule has 2 rings (SSSR count). The molecule has 0 aliphatic heterocycles. The minimum Gasteiger partial charge on any atom is -0.325 e. The van der Waals surface area contributed by atoms with Gasteiger partial charge in [0.2, 0.25) is 15.9 Å². The molecule has 7 heteroatoms. The fraction of sp³-hybridized carbons (Fsp3) is 0.278. The maximum atomic E-state index is 12.3. The molecule has 0 unspecified atom stereocenters. The third kappa shape index (κ3) is 5.95. The number of anilines is 1. The Labute approximate surface area is 157 Å². The van der Waals surface area contributed by atoms with Crippen molar-refractivity contribution in [1.29, 1.82) is 0 Å². The number of hydrogen-bond donors (Lipinski definition) is 1. The van der Waals surface area contributed by atoms with Gasteiger partial charge in [0.15, 0.2) is 0 Å². The lowest BCUT2D eigenvalue weighted by molar-refractivity contribution is -0.116. The van der Waals surface area contributed by atoms with Crippen LogP contribution in [0.1, 0.15) is 16.7 Å². The highest BCUT2D eigenvalue weighted by atomic mass is 79.9. The highest BCUT2D eigenvalue weighted by Crippen LogP contribution is 2.16. The summed E-state index contributed by atoms with van der Waals surface area (Å²) >= 11 is 3.34. The van der Waals surface area contributed by atoms with E-state index in [1.165, 1.54) is 0 Å². The van der Waals surface area contributed by atoms with Gasteiger partial charge >= 0.3 is 0 Å². The van der Waals surface area contributed by atoms with E-state index in [4.69, 9.17) is 0 Å². The monoisotopic (exact) mass is 424 g/mol. The Balaban J connectivity index is 2.09. The molecule has 0 saturated carbocycles. The Morgan fingerprint density at radius 3 is 2.28 bits per heavy atom. The molecule has 134 valence electrons. The summed E-state index contributed by atoms with van der Waals surface area (Å²) in [4.78, 5) is 12.3. The van der Waals surface area contributed by atoms with E-state index in [1.807, 2.05) is 50.2 Å².